The second-order valence-corrected chi connectivity index (χ2v) is 10.4. The van der Waals surface area contributed by atoms with E-state index in [0.29, 0.717) is 11.1 Å². The molecule has 1 unspecified atom stereocenters. The lowest BCUT2D eigenvalue weighted by Gasteiger charge is -2.22. The summed E-state index contributed by atoms with van der Waals surface area (Å²) in [4.78, 5) is 43.7. The van der Waals surface area contributed by atoms with E-state index in [2.05, 4.69) is 20.7 Å². The maximum absolute atomic E-state index is 13.6. The largest absolute Gasteiger partial charge is 0.444 e. The van der Waals surface area contributed by atoms with Gasteiger partial charge in [0.05, 0.1) is 35.7 Å². The molecule has 0 saturated carbocycles. The van der Waals surface area contributed by atoms with Crippen molar-refractivity contribution in [2.45, 2.75) is 52.0 Å². The summed E-state index contributed by atoms with van der Waals surface area (Å²) in [7, 11) is 0. The van der Waals surface area contributed by atoms with Crippen molar-refractivity contribution in [2.24, 2.45) is 0 Å². The number of carbonyl (C=O) groups is 2. The Labute approximate surface area is 228 Å². The van der Waals surface area contributed by atoms with Gasteiger partial charge in [0.2, 0.25) is 0 Å². The van der Waals surface area contributed by atoms with Crippen molar-refractivity contribution in [2.75, 3.05) is 11.9 Å². The van der Waals surface area contributed by atoms with E-state index >= 15 is 0 Å². The van der Waals surface area contributed by atoms with E-state index in [4.69, 9.17) is 16.3 Å². The first kappa shape index (κ1) is 28.0. The Hall–Kier alpha value is -4.00. The van der Waals surface area contributed by atoms with Crippen LogP contribution in [0.5, 0.6) is 0 Å². The van der Waals surface area contributed by atoms with Crippen molar-refractivity contribution in [3.63, 3.8) is 0 Å². The fourth-order valence-electron chi connectivity index (χ4n) is 4.12. The van der Waals surface area contributed by atoms with Crippen LogP contribution in [0.4, 0.5) is 10.6 Å². The minimum absolute atomic E-state index is 0.0126. The molecule has 3 aromatic heterocycles. The van der Waals surface area contributed by atoms with Crippen LogP contribution in [0.2, 0.25) is 5.02 Å². The number of aliphatic hydroxyl groups is 2. The van der Waals surface area contributed by atoms with Gasteiger partial charge in [0.25, 0.3) is 11.5 Å². The van der Waals surface area contributed by atoms with E-state index in [1.807, 2.05) is 0 Å². The van der Waals surface area contributed by atoms with Gasteiger partial charge in [-0.3, -0.25) is 14.9 Å². The molecule has 0 aliphatic heterocycles. The van der Waals surface area contributed by atoms with Crippen LogP contribution in [0.15, 0.2) is 47.5 Å². The summed E-state index contributed by atoms with van der Waals surface area (Å²) in [5.74, 6) is -0.693. The quantitative estimate of drug-likeness (QED) is 0.270. The minimum atomic E-state index is -1.22. The Bertz CT molecular complexity index is 1610. The standard InChI is InChI=1S/C26H29ClN6O6/c1-14(18-11-15-7-5-8-17(27)19(15)24(37)32(18)12-16(35)13-34)29-23(36)20-21(30-25(38)39-26(2,3)4)31-33-10-6-9-28-22(20)33/h5-11,14,16,34-35H,12-13H2,1-4H3,(H,29,36)(H,30,31,38)/t14-,16?/m0/s1. The van der Waals surface area contributed by atoms with Gasteiger partial charge >= 0.3 is 6.09 Å². The molecule has 13 heteroatoms. The number of benzene rings is 1. The van der Waals surface area contributed by atoms with E-state index in [1.54, 1.807) is 64.2 Å². The highest BCUT2D eigenvalue weighted by molar-refractivity contribution is 6.35. The summed E-state index contributed by atoms with van der Waals surface area (Å²) in [5, 5.41) is 30.2. The van der Waals surface area contributed by atoms with Gasteiger partial charge in [0.1, 0.15) is 11.2 Å². The first-order chi connectivity index (χ1) is 18.4. The Morgan fingerprint density at radius 1 is 1.23 bits per heavy atom. The number of nitrogens with zero attached hydrogens (tertiary/aromatic N) is 4. The maximum atomic E-state index is 13.6. The molecule has 0 aliphatic rings. The van der Waals surface area contributed by atoms with Gasteiger partial charge in [0, 0.05) is 18.1 Å². The third-order valence-electron chi connectivity index (χ3n) is 5.76. The average Bonchev–Trinajstić information content (AvgIpc) is 3.21. The van der Waals surface area contributed by atoms with Gasteiger partial charge in [-0.1, -0.05) is 23.7 Å². The van der Waals surface area contributed by atoms with Crippen LogP contribution < -0.4 is 16.2 Å². The third-order valence-corrected chi connectivity index (χ3v) is 6.07. The van der Waals surface area contributed by atoms with Crippen LogP contribution in [0.25, 0.3) is 16.4 Å². The second kappa shape index (κ2) is 11.0. The molecule has 2 amide bonds. The van der Waals surface area contributed by atoms with Crippen LogP contribution in [-0.4, -0.2) is 59.7 Å². The lowest BCUT2D eigenvalue weighted by molar-refractivity contribution is 0.0635. The fraction of sp³-hybridized carbons (Fsp3) is 0.346. The van der Waals surface area contributed by atoms with E-state index in [1.165, 1.54) is 15.3 Å². The first-order valence-electron chi connectivity index (χ1n) is 12.1. The Kier molecular flexibility index (Phi) is 7.91. The smallest absolute Gasteiger partial charge is 0.413 e. The van der Waals surface area contributed by atoms with E-state index in [0.717, 1.165) is 0 Å². The van der Waals surface area contributed by atoms with Crippen molar-refractivity contribution >= 4 is 45.8 Å². The van der Waals surface area contributed by atoms with Crippen molar-refractivity contribution in [1.82, 2.24) is 24.5 Å². The van der Waals surface area contributed by atoms with Gasteiger partial charge in [-0.25, -0.2) is 14.3 Å². The van der Waals surface area contributed by atoms with E-state index in [9.17, 15) is 24.6 Å². The van der Waals surface area contributed by atoms with Gasteiger partial charge < -0.3 is 24.8 Å². The molecule has 4 aromatic rings. The number of halogens is 1. The Morgan fingerprint density at radius 3 is 2.67 bits per heavy atom. The van der Waals surface area contributed by atoms with Crippen LogP contribution in [0.3, 0.4) is 0 Å². The number of pyridine rings is 1. The summed E-state index contributed by atoms with van der Waals surface area (Å²) in [6, 6.07) is 7.53. The van der Waals surface area contributed by atoms with Crippen LogP contribution in [-0.2, 0) is 11.3 Å². The van der Waals surface area contributed by atoms with Crippen LogP contribution in [0, 0.1) is 0 Å². The molecule has 3 heterocycles. The molecule has 0 saturated heterocycles. The van der Waals surface area contributed by atoms with Crippen molar-refractivity contribution in [1.29, 1.82) is 0 Å². The monoisotopic (exact) mass is 556 g/mol. The normalized spacial score (nSPS) is 13.3. The average molecular weight is 557 g/mol. The van der Waals surface area contributed by atoms with Gasteiger partial charge in [-0.05, 0) is 51.3 Å². The number of amides is 2. The summed E-state index contributed by atoms with van der Waals surface area (Å²) < 4.78 is 7.92. The van der Waals surface area contributed by atoms with Crippen LogP contribution >= 0.6 is 11.6 Å². The minimum Gasteiger partial charge on any atom is -0.444 e. The number of hydrogen-bond donors (Lipinski definition) is 4. The number of fused-ring (bicyclic) bond motifs is 2. The van der Waals surface area contributed by atoms with Gasteiger partial charge in [-0.15, -0.1) is 5.10 Å². The predicted molar refractivity (Wildman–Crippen MR) is 145 cm³/mol. The van der Waals surface area contributed by atoms with Crippen molar-refractivity contribution in [3.8, 4) is 0 Å². The highest BCUT2D eigenvalue weighted by atomic mass is 35.5. The highest BCUT2D eigenvalue weighted by Gasteiger charge is 2.27. The summed E-state index contributed by atoms with van der Waals surface area (Å²) in [6.45, 7) is 5.98. The molecule has 0 fully saturated rings. The Balaban J connectivity index is 1.74. The van der Waals surface area contributed by atoms with Gasteiger partial charge in [-0.2, -0.15) is 0 Å². The number of nitrogens with one attached hydrogen (secondary N) is 2. The molecular formula is C26H29ClN6O6. The summed E-state index contributed by atoms with van der Waals surface area (Å²) in [5.41, 5.74) is -0.721. The van der Waals surface area contributed by atoms with Crippen molar-refractivity contribution < 1.29 is 24.5 Å². The number of carbonyl (C=O) groups excluding carboxylic acids is 2. The molecule has 0 spiro atoms. The maximum Gasteiger partial charge on any atom is 0.413 e. The SMILES string of the molecule is C[C@H](NC(=O)c1c(NC(=O)OC(C)(C)C)nn2cccnc12)c1cc2cccc(Cl)c2c(=O)n1CC(O)CO. The lowest BCUT2D eigenvalue weighted by atomic mass is 10.1. The summed E-state index contributed by atoms with van der Waals surface area (Å²) in [6.07, 6.45) is 1.03. The molecule has 0 radical (unpaired) electrons. The lowest BCUT2D eigenvalue weighted by Crippen LogP contribution is -2.36. The van der Waals surface area contributed by atoms with Crippen LogP contribution in [0.1, 0.15) is 49.8 Å². The predicted octanol–water partition coefficient (Wildman–Crippen LogP) is 2.89. The zero-order valence-electron chi connectivity index (χ0n) is 21.8. The van der Waals surface area contributed by atoms with Crippen molar-refractivity contribution in [3.05, 3.63) is 69.4 Å². The zero-order valence-corrected chi connectivity index (χ0v) is 22.6. The number of aliphatic hydroxyl groups excluding tert-OH is 2. The molecule has 12 nitrogen and oxygen atoms in total. The molecular weight excluding hydrogens is 528 g/mol. The molecule has 4 N–H and O–H groups in total. The molecule has 39 heavy (non-hydrogen) atoms. The molecule has 4 rings (SSSR count). The molecule has 206 valence electrons. The topological polar surface area (TPSA) is 160 Å². The summed E-state index contributed by atoms with van der Waals surface area (Å²) >= 11 is 6.29. The van der Waals surface area contributed by atoms with Gasteiger partial charge in [0.15, 0.2) is 11.5 Å². The van der Waals surface area contributed by atoms with E-state index in [-0.39, 0.29) is 34.0 Å². The number of anilines is 1. The molecule has 2 atom stereocenters. The zero-order chi connectivity index (χ0) is 28.5. The fourth-order valence-corrected chi connectivity index (χ4v) is 4.38. The second-order valence-electron chi connectivity index (χ2n) is 9.96. The Morgan fingerprint density at radius 2 is 1.97 bits per heavy atom. The molecule has 0 bridgehead atoms. The highest BCUT2D eigenvalue weighted by Crippen LogP contribution is 2.25. The molecule has 0 aliphatic carbocycles. The molecule has 1 aromatic carbocycles. The third kappa shape index (κ3) is 6.03. The number of rotatable bonds is 7. The number of hydrogen-bond acceptors (Lipinski definition) is 8. The number of aromatic nitrogens is 4. The van der Waals surface area contributed by atoms with E-state index < -0.39 is 41.9 Å². The number of ether oxygens (including phenoxy) is 1. The first-order valence-corrected chi connectivity index (χ1v) is 12.5.